The standard InChI is InChI=1S/C15H9ClO2S/c16-10-7-5-9(6-8-10)13-14(19)11-3-1-2-4-12(11)18-15(13)17/h1-8,19H. The first-order valence-electron chi connectivity index (χ1n) is 5.67. The van der Waals surface area contributed by atoms with Crippen molar-refractivity contribution < 1.29 is 4.42 Å². The van der Waals surface area contributed by atoms with E-state index in [1.807, 2.05) is 18.2 Å². The number of hydrogen-bond donors (Lipinski definition) is 1. The summed E-state index contributed by atoms with van der Waals surface area (Å²) in [5.74, 6) is 0. The van der Waals surface area contributed by atoms with Crippen LogP contribution in [0.3, 0.4) is 0 Å². The van der Waals surface area contributed by atoms with Crippen molar-refractivity contribution in [1.29, 1.82) is 0 Å². The van der Waals surface area contributed by atoms with Crippen LogP contribution in [0, 0.1) is 0 Å². The maximum absolute atomic E-state index is 12.1. The molecule has 0 aliphatic heterocycles. The zero-order chi connectivity index (χ0) is 13.4. The third-order valence-electron chi connectivity index (χ3n) is 2.92. The Kier molecular flexibility index (Phi) is 3.09. The van der Waals surface area contributed by atoms with Crippen LogP contribution >= 0.6 is 24.2 Å². The fourth-order valence-corrected chi connectivity index (χ4v) is 2.54. The Morgan fingerprint density at radius 3 is 2.42 bits per heavy atom. The van der Waals surface area contributed by atoms with E-state index in [2.05, 4.69) is 12.6 Å². The van der Waals surface area contributed by atoms with Crippen LogP contribution in [0.15, 0.2) is 62.6 Å². The van der Waals surface area contributed by atoms with Gasteiger partial charge in [-0.1, -0.05) is 41.9 Å². The molecule has 0 N–H and O–H groups in total. The molecule has 0 atom stereocenters. The van der Waals surface area contributed by atoms with Crippen molar-refractivity contribution in [3.05, 3.63) is 64.0 Å². The van der Waals surface area contributed by atoms with Crippen LogP contribution in [0.25, 0.3) is 22.1 Å². The molecule has 0 bridgehead atoms. The van der Waals surface area contributed by atoms with Crippen LogP contribution in [0.1, 0.15) is 0 Å². The Hall–Kier alpha value is -1.71. The van der Waals surface area contributed by atoms with Gasteiger partial charge in [-0.15, -0.1) is 12.6 Å². The Labute approximate surface area is 120 Å². The number of rotatable bonds is 1. The summed E-state index contributed by atoms with van der Waals surface area (Å²) in [6.07, 6.45) is 0. The maximum atomic E-state index is 12.1. The van der Waals surface area contributed by atoms with E-state index in [0.29, 0.717) is 21.1 Å². The lowest BCUT2D eigenvalue weighted by Crippen LogP contribution is -2.04. The summed E-state index contributed by atoms with van der Waals surface area (Å²) >= 11 is 10.3. The van der Waals surface area contributed by atoms with Gasteiger partial charge in [0, 0.05) is 15.3 Å². The first-order chi connectivity index (χ1) is 9.16. The summed E-state index contributed by atoms with van der Waals surface area (Å²) in [5, 5.41) is 1.44. The molecule has 4 heteroatoms. The Morgan fingerprint density at radius 1 is 1.00 bits per heavy atom. The molecular weight excluding hydrogens is 280 g/mol. The molecule has 94 valence electrons. The normalized spacial score (nSPS) is 10.8. The molecule has 2 nitrogen and oxygen atoms in total. The molecule has 3 aromatic rings. The zero-order valence-corrected chi connectivity index (χ0v) is 11.4. The SMILES string of the molecule is O=c1oc2ccccc2c(S)c1-c1ccc(Cl)cc1. The average molecular weight is 289 g/mol. The van der Waals surface area contributed by atoms with E-state index in [4.69, 9.17) is 16.0 Å². The number of fused-ring (bicyclic) bond motifs is 1. The highest BCUT2D eigenvalue weighted by Crippen LogP contribution is 2.30. The minimum atomic E-state index is -0.397. The predicted octanol–water partition coefficient (Wildman–Crippen LogP) is 4.40. The van der Waals surface area contributed by atoms with Crippen molar-refractivity contribution in [3.8, 4) is 11.1 Å². The predicted molar refractivity (Wildman–Crippen MR) is 80.2 cm³/mol. The van der Waals surface area contributed by atoms with E-state index in [0.717, 1.165) is 10.9 Å². The summed E-state index contributed by atoms with van der Waals surface area (Å²) in [6.45, 7) is 0. The monoisotopic (exact) mass is 288 g/mol. The van der Waals surface area contributed by atoms with Crippen molar-refractivity contribution in [3.63, 3.8) is 0 Å². The van der Waals surface area contributed by atoms with Gasteiger partial charge in [0.1, 0.15) is 5.58 Å². The summed E-state index contributed by atoms with van der Waals surface area (Å²) < 4.78 is 5.32. The van der Waals surface area contributed by atoms with Crippen LogP contribution in [0.2, 0.25) is 5.02 Å². The third-order valence-corrected chi connectivity index (χ3v) is 3.64. The van der Waals surface area contributed by atoms with Crippen LogP contribution in [-0.4, -0.2) is 0 Å². The topological polar surface area (TPSA) is 30.2 Å². The third kappa shape index (κ3) is 2.15. The van der Waals surface area contributed by atoms with Crippen molar-refractivity contribution in [2.45, 2.75) is 4.90 Å². The molecular formula is C15H9ClO2S. The summed E-state index contributed by atoms with van der Waals surface area (Å²) in [5.41, 5.74) is 1.34. The maximum Gasteiger partial charge on any atom is 0.345 e. The van der Waals surface area contributed by atoms with Crippen molar-refractivity contribution in [1.82, 2.24) is 0 Å². The highest BCUT2D eigenvalue weighted by atomic mass is 35.5. The Morgan fingerprint density at radius 2 is 1.68 bits per heavy atom. The zero-order valence-electron chi connectivity index (χ0n) is 9.76. The van der Waals surface area contributed by atoms with E-state index >= 15 is 0 Å². The van der Waals surface area contributed by atoms with E-state index in [1.54, 1.807) is 30.3 Å². The second kappa shape index (κ2) is 4.76. The quantitative estimate of drug-likeness (QED) is 0.531. The van der Waals surface area contributed by atoms with Crippen LogP contribution in [-0.2, 0) is 0 Å². The Bertz CT molecular complexity index is 806. The van der Waals surface area contributed by atoms with Gasteiger partial charge in [-0.2, -0.15) is 0 Å². The molecule has 0 radical (unpaired) electrons. The number of halogens is 1. The van der Waals surface area contributed by atoms with E-state index in [1.165, 1.54) is 0 Å². The second-order valence-corrected chi connectivity index (χ2v) is 5.00. The molecule has 0 amide bonds. The molecule has 0 aliphatic carbocycles. The molecule has 19 heavy (non-hydrogen) atoms. The lowest BCUT2D eigenvalue weighted by atomic mass is 10.1. The van der Waals surface area contributed by atoms with E-state index < -0.39 is 5.63 Å². The van der Waals surface area contributed by atoms with E-state index in [9.17, 15) is 4.79 Å². The molecule has 0 saturated heterocycles. The van der Waals surface area contributed by atoms with Gasteiger partial charge in [0.2, 0.25) is 0 Å². The largest absolute Gasteiger partial charge is 0.422 e. The van der Waals surface area contributed by atoms with Crippen molar-refractivity contribution in [2.24, 2.45) is 0 Å². The minimum Gasteiger partial charge on any atom is -0.422 e. The Balaban J connectivity index is 2.35. The van der Waals surface area contributed by atoms with Crippen LogP contribution in [0.5, 0.6) is 0 Å². The molecule has 3 rings (SSSR count). The van der Waals surface area contributed by atoms with Gasteiger partial charge in [0.05, 0.1) is 5.56 Å². The van der Waals surface area contributed by atoms with Crippen LogP contribution < -0.4 is 5.63 Å². The number of thiol groups is 1. The van der Waals surface area contributed by atoms with Gasteiger partial charge < -0.3 is 4.42 Å². The van der Waals surface area contributed by atoms with Crippen molar-refractivity contribution in [2.75, 3.05) is 0 Å². The van der Waals surface area contributed by atoms with E-state index in [-0.39, 0.29) is 0 Å². The molecule has 0 aliphatic rings. The van der Waals surface area contributed by atoms with Crippen molar-refractivity contribution >= 4 is 35.2 Å². The highest BCUT2D eigenvalue weighted by Gasteiger charge is 2.13. The number of hydrogen-bond acceptors (Lipinski definition) is 3. The smallest absolute Gasteiger partial charge is 0.345 e. The second-order valence-electron chi connectivity index (χ2n) is 4.12. The fraction of sp³-hybridized carbons (Fsp3) is 0. The number of benzene rings is 2. The minimum absolute atomic E-state index is 0.397. The van der Waals surface area contributed by atoms with Gasteiger partial charge in [0.25, 0.3) is 0 Å². The first kappa shape index (κ1) is 12.3. The molecule has 0 saturated carbocycles. The molecule has 0 unspecified atom stereocenters. The first-order valence-corrected chi connectivity index (χ1v) is 6.50. The van der Waals surface area contributed by atoms with Crippen LogP contribution in [0.4, 0.5) is 0 Å². The lowest BCUT2D eigenvalue weighted by molar-refractivity contribution is 0.560. The molecule has 0 spiro atoms. The average Bonchev–Trinajstić information content (AvgIpc) is 2.41. The van der Waals surface area contributed by atoms with Gasteiger partial charge in [-0.25, -0.2) is 4.79 Å². The van der Waals surface area contributed by atoms with Gasteiger partial charge in [-0.3, -0.25) is 0 Å². The van der Waals surface area contributed by atoms with Gasteiger partial charge in [0.15, 0.2) is 0 Å². The fourth-order valence-electron chi connectivity index (χ4n) is 2.00. The molecule has 1 aromatic heterocycles. The summed E-state index contributed by atoms with van der Waals surface area (Å²) in [6, 6.07) is 14.4. The summed E-state index contributed by atoms with van der Waals surface area (Å²) in [7, 11) is 0. The molecule has 2 aromatic carbocycles. The lowest BCUT2D eigenvalue weighted by Gasteiger charge is -2.07. The van der Waals surface area contributed by atoms with Gasteiger partial charge in [-0.05, 0) is 23.8 Å². The molecule has 0 fully saturated rings. The summed E-state index contributed by atoms with van der Waals surface area (Å²) in [4.78, 5) is 12.7. The molecule has 1 heterocycles. The highest BCUT2D eigenvalue weighted by molar-refractivity contribution is 7.80. The van der Waals surface area contributed by atoms with Gasteiger partial charge >= 0.3 is 5.63 Å². The number of para-hydroxylation sites is 1.